The van der Waals surface area contributed by atoms with Crippen molar-refractivity contribution in [2.45, 2.75) is 19.8 Å². The third-order valence-electron chi connectivity index (χ3n) is 2.76. The Morgan fingerprint density at radius 1 is 1.13 bits per heavy atom. The van der Waals surface area contributed by atoms with Crippen molar-refractivity contribution in [1.82, 2.24) is 4.98 Å². The summed E-state index contributed by atoms with van der Waals surface area (Å²) in [5.41, 5.74) is 22.3. The second-order valence-corrected chi connectivity index (χ2v) is 4.83. The van der Waals surface area contributed by atoms with Crippen molar-refractivity contribution in [3.05, 3.63) is 42.7 Å². The molecule has 7 nitrogen and oxygen atoms in total. The minimum atomic E-state index is -0.147. The van der Waals surface area contributed by atoms with Crippen molar-refractivity contribution in [3.63, 3.8) is 0 Å². The monoisotopic (exact) mass is 317 g/mol. The number of hydrogen-bond donors (Lipinski definition) is 5. The van der Waals surface area contributed by atoms with Crippen LogP contribution in [-0.4, -0.2) is 10.1 Å². The first-order valence-electron chi connectivity index (χ1n) is 7.05. The number of allylic oxidation sites excluding steroid dienone is 1. The molecule has 1 heterocycles. The zero-order chi connectivity index (χ0) is 17.4. The maximum absolute atomic E-state index is 8.90. The molecular formula is C16H23N5O2. The number of ether oxygens (including phenoxy) is 1. The van der Waals surface area contributed by atoms with Crippen molar-refractivity contribution in [3.8, 4) is 11.5 Å². The number of pyridine rings is 1. The summed E-state index contributed by atoms with van der Waals surface area (Å²) in [6.45, 7) is 5.90. The zero-order valence-electron chi connectivity index (χ0n) is 13.1. The Morgan fingerprint density at radius 2 is 1.74 bits per heavy atom. The molecule has 9 N–H and O–H groups in total. The molecule has 124 valence electrons. The molecule has 2 aromatic rings. The molecule has 0 fully saturated rings. The lowest BCUT2D eigenvalue weighted by molar-refractivity contribution is 0.404. The molecule has 1 aromatic heterocycles. The summed E-state index contributed by atoms with van der Waals surface area (Å²) >= 11 is 0. The highest BCUT2D eigenvalue weighted by Crippen LogP contribution is 2.23. The minimum Gasteiger partial charge on any atom is -0.504 e. The standard InChI is InChI=1S/C11H15NO.C5H8N4O/c1-3-4-9(2)13-11-7-5-10(12)6-8-11;6-2-1-3(10)5(8)9-4(2)7/h5-8H,2-4,12H2,1H3;1,10H,6H2,(H4,7,8,9). The first-order valence-corrected chi connectivity index (χ1v) is 7.05. The Morgan fingerprint density at radius 3 is 2.26 bits per heavy atom. The number of anilines is 4. The predicted molar refractivity (Wildman–Crippen MR) is 94.7 cm³/mol. The lowest BCUT2D eigenvalue weighted by Gasteiger charge is -2.07. The smallest absolute Gasteiger partial charge is 0.168 e. The first-order chi connectivity index (χ1) is 10.8. The molecule has 0 amide bonds. The van der Waals surface area contributed by atoms with Crippen LogP contribution in [0.5, 0.6) is 11.5 Å². The van der Waals surface area contributed by atoms with E-state index in [2.05, 4.69) is 18.5 Å². The van der Waals surface area contributed by atoms with Gasteiger partial charge < -0.3 is 32.8 Å². The summed E-state index contributed by atoms with van der Waals surface area (Å²) in [7, 11) is 0. The third kappa shape index (κ3) is 6.04. The fraction of sp³-hybridized carbons (Fsp3) is 0.188. The van der Waals surface area contributed by atoms with E-state index < -0.39 is 0 Å². The average molecular weight is 317 g/mol. The molecule has 0 unspecified atom stereocenters. The number of rotatable bonds is 4. The van der Waals surface area contributed by atoms with E-state index in [0.29, 0.717) is 0 Å². The van der Waals surface area contributed by atoms with E-state index >= 15 is 0 Å². The van der Waals surface area contributed by atoms with E-state index in [9.17, 15) is 0 Å². The molecule has 0 spiro atoms. The molecule has 0 radical (unpaired) electrons. The highest BCUT2D eigenvalue weighted by Gasteiger charge is 2.01. The second-order valence-electron chi connectivity index (χ2n) is 4.83. The van der Waals surface area contributed by atoms with E-state index in [4.69, 9.17) is 32.8 Å². The van der Waals surface area contributed by atoms with Crippen LogP contribution in [0.4, 0.5) is 23.0 Å². The summed E-state index contributed by atoms with van der Waals surface area (Å²) in [6, 6.07) is 8.58. The lowest BCUT2D eigenvalue weighted by Crippen LogP contribution is -2.00. The van der Waals surface area contributed by atoms with Gasteiger partial charge in [-0.1, -0.05) is 13.5 Å². The van der Waals surface area contributed by atoms with Gasteiger partial charge in [-0.05, 0) is 30.7 Å². The number of nitrogens with two attached hydrogens (primary N) is 4. The van der Waals surface area contributed by atoms with Gasteiger partial charge in [0, 0.05) is 18.2 Å². The molecule has 0 aliphatic rings. The van der Waals surface area contributed by atoms with Gasteiger partial charge in [0.2, 0.25) is 0 Å². The van der Waals surface area contributed by atoms with E-state index in [0.717, 1.165) is 30.0 Å². The van der Waals surface area contributed by atoms with Gasteiger partial charge in [0.15, 0.2) is 11.6 Å². The molecule has 2 rings (SSSR count). The fourth-order valence-electron chi connectivity index (χ4n) is 1.58. The number of nitrogen functional groups attached to an aromatic ring is 4. The van der Waals surface area contributed by atoms with Gasteiger partial charge in [-0.15, -0.1) is 0 Å². The number of aromatic hydroxyl groups is 1. The van der Waals surface area contributed by atoms with Crippen molar-refractivity contribution in [2.75, 3.05) is 22.9 Å². The number of hydrogen-bond acceptors (Lipinski definition) is 7. The van der Waals surface area contributed by atoms with Crippen LogP contribution in [0.2, 0.25) is 0 Å². The van der Waals surface area contributed by atoms with Gasteiger partial charge in [0.25, 0.3) is 0 Å². The summed E-state index contributed by atoms with van der Waals surface area (Å²) in [5, 5.41) is 8.90. The Labute approximate surface area is 135 Å². The van der Waals surface area contributed by atoms with Crippen molar-refractivity contribution in [2.24, 2.45) is 0 Å². The number of nitrogens with zero attached hydrogens (tertiary/aromatic N) is 1. The van der Waals surface area contributed by atoms with Crippen LogP contribution < -0.4 is 27.7 Å². The molecule has 23 heavy (non-hydrogen) atoms. The van der Waals surface area contributed by atoms with E-state index in [1.807, 2.05) is 24.3 Å². The molecule has 1 aromatic carbocycles. The maximum Gasteiger partial charge on any atom is 0.168 e. The van der Waals surface area contributed by atoms with Crippen LogP contribution in [0, 0.1) is 0 Å². The van der Waals surface area contributed by atoms with Crippen molar-refractivity contribution in [1.29, 1.82) is 0 Å². The van der Waals surface area contributed by atoms with Gasteiger partial charge in [-0.25, -0.2) is 4.98 Å². The predicted octanol–water partition coefficient (Wildman–Crippen LogP) is 2.50. The SMILES string of the molecule is C=C(CCC)Oc1ccc(N)cc1.Nc1cc(O)c(N)nc1N. The quantitative estimate of drug-likeness (QED) is 0.430. The molecule has 0 aliphatic heterocycles. The molecule has 0 atom stereocenters. The average Bonchev–Trinajstić information content (AvgIpc) is 2.49. The fourth-order valence-corrected chi connectivity index (χ4v) is 1.58. The largest absolute Gasteiger partial charge is 0.504 e. The number of benzene rings is 1. The molecular weight excluding hydrogens is 294 g/mol. The van der Waals surface area contributed by atoms with Gasteiger partial charge in [0.05, 0.1) is 11.4 Å². The van der Waals surface area contributed by atoms with Crippen molar-refractivity contribution >= 4 is 23.0 Å². The second kappa shape index (κ2) is 8.38. The first kappa shape index (κ1) is 18.0. The summed E-state index contributed by atoms with van der Waals surface area (Å²) in [4.78, 5) is 3.55. The number of aromatic nitrogens is 1. The van der Waals surface area contributed by atoms with Crippen LogP contribution in [0.1, 0.15) is 19.8 Å². The van der Waals surface area contributed by atoms with E-state index in [-0.39, 0.29) is 23.1 Å². The third-order valence-corrected chi connectivity index (χ3v) is 2.76. The Bertz CT molecular complexity index is 606. The summed E-state index contributed by atoms with van der Waals surface area (Å²) in [6.07, 6.45) is 1.94. The zero-order valence-corrected chi connectivity index (χ0v) is 13.1. The maximum atomic E-state index is 8.90. The highest BCUT2D eigenvalue weighted by molar-refractivity contribution is 5.65. The van der Waals surface area contributed by atoms with Gasteiger partial charge in [0.1, 0.15) is 11.6 Å². The Kier molecular flexibility index (Phi) is 6.54. The summed E-state index contributed by atoms with van der Waals surface area (Å²) < 4.78 is 5.46. The molecule has 0 aliphatic carbocycles. The van der Waals surface area contributed by atoms with Crippen LogP contribution in [0.3, 0.4) is 0 Å². The lowest BCUT2D eigenvalue weighted by atomic mass is 10.3. The Hall–Kier alpha value is -3.09. The Balaban J connectivity index is 0.000000238. The van der Waals surface area contributed by atoms with Gasteiger partial charge in [-0.2, -0.15) is 0 Å². The van der Waals surface area contributed by atoms with Crippen LogP contribution in [0.25, 0.3) is 0 Å². The minimum absolute atomic E-state index is 0.00769. The molecule has 0 bridgehead atoms. The normalized spacial score (nSPS) is 9.61. The van der Waals surface area contributed by atoms with Crippen LogP contribution >= 0.6 is 0 Å². The molecule has 0 saturated heterocycles. The van der Waals surface area contributed by atoms with Crippen LogP contribution in [-0.2, 0) is 0 Å². The van der Waals surface area contributed by atoms with Gasteiger partial charge in [-0.3, -0.25) is 0 Å². The summed E-state index contributed by atoms with van der Waals surface area (Å²) in [5.74, 6) is 1.58. The van der Waals surface area contributed by atoms with E-state index in [1.165, 1.54) is 6.07 Å². The van der Waals surface area contributed by atoms with Gasteiger partial charge >= 0.3 is 0 Å². The van der Waals surface area contributed by atoms with E-state index in [1.54, 1.807) is 0 Å². The topological polar surface area (TPSA) is 146 Å². The van der Waals surface area contributed by atoms with Crippen LogP contribution in [0.15, 0.2) is 42.7 Å². The highest BCUT2D eigenvalue weighted by atomic mass is 16.5. The molecule has 7 heteroatoms. The molecule has 0 saturated carbocycles. The van der Waals surface area contributed by atoms with Crippen molar-refractivity contribution < 1.29 is 9.84 Å².